The fourth-order valence-corrected chi connectivity index (χ4v) is 3.57. The van der Waals surface area contributed by atoms with Gasteiger partial charge in [-0.2, -0.15) is 0 Å². The Hall–Kier alpha value is -1.60. The van der Waals surface area contributed by atoms with Gasteiger partial charge >= 0.3 is 0 Å². The first-order chi connectivity index (χ1) is 12.7. The van der Waals surface area contributed by atoms with Crippen molar-refractivity contribution >= 4 is 29.9 Å². The van der Waals surface area contributed by atoms with E-state index in [1.165, 1.54) is 24.0 Å². The molecule has 146 valence electrons. The van der Waals surface area contributed by atoms with E-state index in [1.807, 2.05) is 18.2 Å². The molecule has 1 atom stereocenters. The molecule has 0 heterocycles. The van der Waals surface area contributed by atoms with Gasteiger partial charge < -0.3 is 15.7 Å². The number of guanidine groups is 1. The number of halogens is 1. The summed E-state index contributed by atoms with van der Waals surface area (Å²) < 4.78 is 0. The van der Waals surface area contributed by atoms with E-state index >= 15 is 0 Å². The molecular weight excluding hydrogens is 449 g/mol. The molecule has 27 heavy (non-hydrogen) atoms. The Kier molecular flexibility index (Phi) is 8.10. The van der Waals surface area contributed by atoms with Gasteiger partial charge in [-0.05, 0) is 36.5 Å². The number of aliphatic hydroxyl groups is 1. The van der Waals surface area contributed by atoms with Crippen molar-refractivity contribution in [3.63, 3.8) is 0 Å². The normalized spacial score (nSPS) is 16.2. The fraction of sp³-hybridized carbons (Fsp3) is 0.409. The zero-order chi connectivity index (χ0) is 18.4. The highest BCUT2D eigenvalue weighted by molar-refractivity contribution is 14.0. The summed E-state index contributed by atoms with van der Waals surface area (Å²) in [6.45, 7) is 3.83. The maximum Gasteiger partial charge on any atom is 0.191 e. The van der Waals surface area contributed by atoms with Crippen molar-refractivity contribution in [2.75, 3.05) is 26.7 Å². The molecule has 1 saturated carbocycles. The van der Waals surface area contributed by atoms with Crippen LogP contribution in [0.1, 0.15) is 35.4 Å². The summed E-state index contributed by atoms with van der Waals surface area (Å²) in [5.74, 6) is 0.847. The van der Waals surface area contributed by atoms with Crippen molar-refractivity contribution in [3.05, 3.63) is 71.3 Å². The maximum absolute atomic E-state index is 9.71. The van der Waals surface area contributed by atoms with Crippen molar-refractivity contribution in [1.29, 1.82) is 0 Å². The van der Waals surface area contributed by atoms with Gasteiger partial charge in [-0.1, -0.05) is 54.6 Å². The molecule has 0 spiro atoms. The predicted molar refractivity (Wildman–Crippen MR) is 123 cm³/mol. The minimum absolute atomic E-state index is 0. The van der Waals surface area contributed by atoms with Gasteiger partial charge in [0, 0.05) is 31.5 Å². The molecule has 0 bridgehead atoms. The van der Waals surface area contributed by atoms with Crippen molar-refractivity contribution < 1.29 is 5.11 Å². The number of aliphatic hydroxyl groups excluding tert-OH is 1. The van der Waals surface area contributed by atoms with Crippen LogP contribution in [0, 0.1) is 6.92 Å². The Labute approximate surface area is 179 Å². The van der Waals surface area contributed by atoms with Gasteiger partial charge in [-0.15, -0.1) is 24.0 Å². The number of nitrogens with zero attached hydrogens (tertiary/aromatic N) is 1. The summed E-state index contributed by atoms with van der Waals surface area (Å²) in [6.07, 6.45) is 2.43. The minimum atomic E-state index is 0. The summed E-state index contributed by atoms with van der Waals surface area (Å²) in [6, 6.07) is 18.8. The topological polar surface area (TPSA) is 56.7 Å². The number of nitrogens with one attached hydrogen (secondary N) is 2. The number of aliphatic imine (C=N–C) groups is 1. The van der Waals surface area contributed by atoms with Gasteiger partial charge in [0.05, 0.1) is 6.61 Å². The first-order valence-corrected chi connectivity index (χ1v) is 9.35. The van der Waals surface area contributed by atoms with Crippen LogP contribution >= 0.6 is 24.0 Å². The zero-order valence-electron chi connectivity index (χ0n) is 16.1. The van der Waals surface area contributed by atoms with E-state index in [-0.39, 0.29) is 41.9 Å². The van der Waals surface area contributed by atoms with E-state index in [1.54, 1.807) is 7.05 Å². The minimum Gasteiger partial charge on any atom is -0.396 e. The molecule has 3 rings (SSSR count). The van der Waals surface area contributed by atoms with Gasteiger partial charge in [0.1, 0.15) is 0 Å². The van der Waals surface area contributed by atoms with Crippen LogP contribution < -0.4 is 10.6 Å². The molecule has 0 aromatic heterocycles. The predicted octanol–water partition coefficient (Wildman–Crippen LogP) is 3.59. The summed E-state index contributed by atoms with van der Waals surface area (Å²) in [5.41, 5.74) is 4.18. The van der Waals surface area contributed by atoms with Crippen molar-refractivity contribution in [2.45, 2.75) is 31.1 Å². The highest BCUT2D eigenvalue weighted by atomic mass is 127. The lowest BCUT2D eigenvalue weighted by atomic mass is 9.92. The number of benzene rings is 2. The SMILES string of the molecule is CN=C(NCC(CO)c1ccccc1)NCC1(c2ccccc2C)CC1.I. The third-order valence-corrected chi connectivity index (χ3v) is 5.40. The van der Waals surface area contributed by atoms with E-state index in [0.29, 0.717) is 6.54 Å². The lowest BCUT2D eigenvalue weighted by Gasteiger charge is -2.22. The van der Waals surface area contributed by atoms with Crippen LogP contribution in [0.5, 0.6) is 0 Å². The van der Waals surface area contributed by atoms with Gasteiger partial charge in [-0.3, -0.25) is 4.99 Å². The van der Waals surface area contributed by atoms with Gasteiger partial charge in [-0.25, -0.2) is 0 Å². The Balaban J connectivity index is 0.00000261. The van der Waals surface area contributed by atoms with Crippen LogP contribution in [0.15, 0.2) is 59.6 Å². The zero-order valence-corrected chi connectivity index (χ0v) is 18.4. The molecule has 2 aromatic rings. The molecule has 3 N–H and O–H groups in total. The van der Waals surface area contributed by atoms with E-state index in [4.69, 9.17) is 0 Å². The number of hydrogen-bond donors (Lipinski definition) is 3. The second-order valence-electron chi connectivity index (χ2n) is 7.19. The third-order valence-electron chi connectivity index (χ3n) is 5.40. The summed E-state index contributed by atoms with van der Waals surface area (Å²) in [4.78, 5) is 4.35. The van der Waals surface area contributed by atoms with Crippen molar-refractivity contribution in [2.24, 2.45) is 4.99 Å². The maximum atomic E-state index is 9.71. The molecule has 0 aliphatic heterocycles. The molecular formula is C22H30IN3O. The van der Waals surface area contributed by atoms with Crippen LogP contribution in [-0.2, 0) is 5.41 Å². The van der Waals surface area contributed by atoms with E-state index in [2.05, 4.69) is 58.9 Å². The molecule has 1 fully saturated rings. The van der Waals surface area contributed by atoms with Crippen LogP contribution in [0.4, 0.5) is 0 Å². The molecule has 0 amide bonds. The van der Waals surface area contributed by atoms with E-state index < -0.39 is 0 Å². The standard InChI is InChI=1S/C22H29N3O.HI/c1-17-8-6-7-11-20(17)22(12-13-22)16-25-21(23-2)24-14-19(15-26)18-9-4-3-5-10-18;/h3-11,19,26H,12-16H2,1-2H3,(H2,23,24,25);1H. The van der Waals surface area contributed by atoms with E-state index in [9.17, 15) is 5.11 Å². The molecule has 1 aliphatic carbocycles. The lowest BCUT2D eigenvalue weighted by molar-refractivity contribution is 0.265. The average Bonchev–Trinajstić information content (AvgIpc) is 3.47. The van der Waals surface area contributed by atoms with Gasteiger partial charge in [0.15, 0.2) is 5.96 Å². The molecule has 0 radical (unpaired) electrons. The molecule has 4 nitrogen and oxygen atoms in total. The number of aryl methyl sites for hydroxylation is 1. The Morgan fingerprint density at radius 1 is 1.07 bits per heavy atom. The van der Waals surface area contributed by atoms with Crippen molar-refractivity contribution in [1.82, 2.24) is 10.6 Å². The van der Waals surface area contributed by atoms with Crippen LogP contribution in [0.25, 0.3) is 0 Å². The second kappa shape index (κ2) is 10.1. The van der Waals surface area contributed by atoms with E-state index in [0.717, 1.165) is 18.1 Å². The summed E-state index contributed by atoms with van der Waals surface area (Å²) >= 11 is 0. The lowest BCUT2D eigenvalue weighted by Crippen LogP contribution is -2.43. The highest BCUT2D eigenvalue weighted by Crippen LogP contribution is 2.48. The largest absolute Gasteiger partial charge is 0.396 e. The first-order valence-electron chi connectivity index (χ1n) is 9.35. The molecule has 2 aromatic carbocycles. The first kappa shape index (κ1) is 21.7. The molecule has 0 saturated heterocycles. The smallest absolute Gasteiger partial charge is 0.191 e. The van der Waals surface area contributed by atoms with Crippen LogP contribution in [0.3, 0.4) is 0 Å². The van der Waals surface area contributed by atoms with Crippen molar-refractivity contribution in [3.8, 4) is 0 Å². The average molecular weight is 479 g/mol. The Morgan fingerprint density at radius 2 is 1.74 bits per heavy atom. The number of rotatable bonds is 7. The Morgan fingerprint density at radius 3 is 2.33 bits per heavy atom. The monoisotopic (exact) mass is 479 g/mol. The highest BCUT2D eigenvalue weighted by Gasteiger charge is 2.44. The van der Waals surface area contributed by atoms with Crippen LogP contribution in [-0.4, -0.2) is 37.8 Å². The van der Waals surface area contributed by atoms with Crippen LogP contribution in [0.2, 0.25) is 0 Å². The third kappa shape index (κ3) is 5.45. The molecule has 5 heteroatoms. The second-order valence-corrected chi connectivity index (χ2v) is 7.19. The number of hydrogen-bond acceptors (Lipinski definition) is 2. The van der Waals surface area contributed by atoms with Gasteiger partial charge in [0.25, 0.3) is 0 Å². The molecule has 1 aliphatic rings. The summed E-state index contributed by atoms with van der Waals surface area (Å²) in [7, 11) is 1.79. The molecule has 1 unspecified atom stereocenters. The summed E-state index contributed by atoms with van der Waals surface area (Å²) in [5, 5.41) is 16.6. The fourth-order valence-electron chi connectivity index (χ4n) is 3.57. The Bertz CT molecular complexity index is 744. The quantitative estimate of drug-likeness (QED) is 0.323. The van der Waals surface area contributed by atoms with Gasteiger partial charge in [0.2, 0.25) is 0 Å².